The Labute approximate surface area is 138 Å². The van der Waals surface area contributed by atoms with Crippen LogP contribution in [0.5, 0.6) is 0 Å². The van der Waals surface area contributed by atoms with E-state index in [4.69, 9.17) is 9.31 Å². The minimum absolute atomic E-state index is 0.0187. The first-order chi connectivity index (χ1) is 10.8. The molecule has 0 unspecified atom stereocenters. The third kappa shape index (κ3) is 3.15. The molecule has 3 rings (SSSR count). The van der Waals surface area contributed by atoms with Gasteiger partial charge in [-0.1, -0.05) is 6.07 Å². The summed E-state index contributed by atoms with van der Waals surface area (Å²) in [5.74, 6) is 0.0187. The molecule has 2 saturated heterocycles. The van der Waals surface area contributed by atoms with Crippen molar-refractivity contribution >= 4 is 18.5 Å². The molecule has 0 aliphatic carbocycles. The second-order valence-corrected chi connectivity index (χ2v) is 7.42. The number of amides is 1. The lowest BCUT2D eigenvalue weighted by Crippen LogP contribution is -2.41. The fourth-order valence-corrected chi connectivity index (χ4v) is 2.91. The van der Waals surface area contributed by atoms with Gasteiger partial charge in [0.15, 0.2) is 0 Å². The first kappa shape index (κ1) is 16.5. The number of hydrogen-bond acceptors (Lipinski definition) is 4. The van der Waals surface area contributed by atoms with E-state index in [-0.39, 0.29) is 17.1 Å². The number of likely N-dealkylation sites (tertiary alicyclic amines) is 1. The van der Waals surface area contributed by atoms with Crippen LogP contribution >= 0.6 is 0 Å². The zero-order chi connectivity index (χ0) is 16.7. The van der Waals surface area contributed by atoms with Gasteiger partial charge in [0.05, 0.1) is 11.2 Å². The lowest BCUT2D eigenvalue weighted by atomic mass is 9.80. The molecule has 0 saturated carbocycles. The molecule has 0 aromatic carbocycles. The van der Waals surface area contributed by atoms with Crippen LogP contribution in [-0.4, -0.2) is 47.2 Å². The minimum atomic E-state index is -0.438. The van der Waals surface area contributed by atoms with Gasteiger partial charge in [-0.3, -0.25) is 9.78 Å². The molecular weight excluding hydrogens is 291 g/mol. The molecule has 2 fully saturated rings. The van der Waals surface area contributed by atoms with Crippen molar-refractivity contribution in [2.45, 2.75) is 58.2 Å². The topological polar surface area (TPSA) is 51.7 Å². The van der Waals surface area contributed by atoms with Gasteiger partial charge >= 0.3 is 7.12 Å². The van der Waals surface area contributed by atoms with Crippen molar-refractivity contribution in [1.82, 2.24) is 9.88 Å². The molecule has 0 N–H and O–H groups in total. The van der Waals surface area contributed by atoms with Crippen molar-refractivity contribution in [2.24, 2.45) is 0 Å². The summed E-state index contributed by atoms with van der Waals surface area (Å²) in [4.78, 5) is 18.7. The second kappa shape index (κ2) is 5.91. The van der Waals surface area contributed by atoms with Crippen molar-refractivity contribution in [3.05, 3.63) is 24.0 Å². The fraction of sp³-hybridized carbons (Fsp3) is 0.647. The Morgan fingerprint density at radius 2 is 1.70 bits per heavy atom. The molecular formula is C17H25BN2O3. The Morgan fingerprint density at radius 3 is 2.22 bits per heavy atom. The zero-order valence-corrected chi connectivity index (χ0v) is 14.5. The summed E-state index contributed by atoms with van der Waals surface area (Å²) >= 11 is 0. The average Bonchev–Trinajstić information content (AvgIpc) is 2.76. The molecule has 2 aliphatic rings. The standard InChI is InChI=1S/C17H25BN2O3/c1-16(2)17(3,4)23-18(22-16)13-8-9-14(19-12-13)15(21)20-10-6-5-7-11-20/h8-9,12H,5-7,10-11H2,1-4H3. The van der Waals surface area contributed by atoms with E-state index in [2.05, 4.69) is 4.98 Å². The van der Waals surface area contributed by atoms with Crippen LogP contribution in [0.15, 0.2) is 18.3 Å². The summed E-state index contributed by atoms with van der Waals surface area (Å²) in [6, 6.07) is 3.66. The van der Waals surface area contributed by atoms with Gasteiger partial charge in [0.2, 0.25) is 0 Å². The maximum absolute atomic E-state index is 12.4. The summed E-state index contributed by atoms with van der Waals surface area (Å²) in [6.07, 6.45) is 5.06. The van der Waals surface area contributed by atoms with Gasteiger partial charge in [-0.05, 0) is 53.0 Å². The average molecular weight is 316 g/mol. The van der Waals surface area contributed by atoms with Crippen LogP contribution < -0.4 is 5.46 Å². The van der Waals surface area contributed by atoms with E-state index in [9.17, 15) is 4.79 Å². The first-order valence-corrected chi connectivity index (χ1v) is 8.41. The van der Waals surface area contributed by atoms with Gasteiger partial charge < -0.3 is 14.2 Å². The fourth-order valence-electron chi connectivity index (χ4n) is 2.91. The van der Waals surface area contributed by atoms with Gasteiger partial charge in [0, 0.05) is 24.7 Å². The number of pyridine rings is 1. The molecule has 1 aromatic heterocycles. The summed E-state index contributed by atoms with van der Waals surface area (Å²) in [6.45, 7) is 9.76. The van der Waals surface area contributed by atoms with Gasteiger partial charge in [-0.2, -0.15) is 0 Å². The van der Waals surface area contributed by atoms with Crippen LogP contribution in [0.2, 0.25) is 0 Å². The molecule has 124 valence electrons. The van der Waals surface area contributed by atoms with Crippen molar-refractivity contribution in [3.63, 3.8) is 0 Å². The van der Waals surface area contributed by atoms with Crippen LogP contribution in [0.1, 0.15) is 57.4 Å². The van der Waals surface area contributed by atoms with E-state index in [0.717, 1.165) is 31.4 Å². The minimum Gasteiger partial charge on any atom is -0.399 e. The maximum Gasteiger partial charge on any atom is 0.496 e. The molecule has 5 nitrogen and oxygen atoms in total. The SMILES string of the molecule is CC1(C)OB(c2ccc(C(=O)N3CCCCC3)nc2)OC1(C)C. The summed E-state index contributed by atoms with van der Waals surface area (Å²) < 4.78 is 12.0. The van der Waals surface area contributed by atoms with Crippen molar-refractivity contribution in [2.75, 3.05) is 13.1 Å². The number of nitrogens with zero attached hydrogens (tertiary/aromatic N) is 2. The molecule has 0 bridgehead atoms. The highest BCUT2D eigenvalue weighted by Crippen LogP contribution is 2.36. The monoisotopic (exact) mass is 316 g/mol. The molecule has 0 spiro atoms. The van der Waals surface area contributed by atoms with Gasteiger partial charge in [0.25, 0.3) is 5.91 Å². The van der Waals surface area contributed by atoms with Crippen LogP contribution in [-0.2, 0) is 9.31 Å². The summed E-state index contributed by atoms with van der Waals surface area (Å²) in [7, 11) is -0.438. The Hall–Kier alpha value is -1.40. The third-order valence-electron chi connectivity index (χ3n) is 5.17. The highest BCUT2D eigenvalue weighted by molar-refractivity contribution is 6.62. The highest BCUT2D eigenvalue weighted by Gasteiger charge is 2.51. The summed E-state index contributed by atoms with van der Waals surface area (Å²) in [5, 5.41) is 0. The quantitative estimate of drug-likeness (QED) is 0.783. The normalized spacial score (nSPS) is 23.1. The van der Waals surface area contributed by atoms with Gasteiger partial charge in [0.1, 0.15) is 5.69 Å². The molecule has 0 radical (unpaired) electrons. The number of hydrogen-bond donors (Lipinski definition) is 0. The van der Waals surface area contributed by atoms with E-state index in [1.54, 1.807) is 12.3 Å². The molecule has 3 heterocycles. The Kier molecular flexibility index (Phi) is 4.23. The number of aromatic nitrogens is 1. The molecule has 1 amide bonds. The lowest BCUT2D eigenvalue weighted by molar-refractivity contribution is 0.00578. The smallest absolute Gasteiger partial charge is 0.399 e. The maximum atomic E-state index is 12.4. The van der Waals surface area contributed by atoms with E-state index in [1.165, 1.54) is 6.42 Å². The van der Waals surface area contributed by atoms with Crippen molar-refractivity contribution in [1.29, 1.82) is 0 Å². The molecule has 2 aliphatic heterocycles. The zero-order valence-electron chi connectivity index (χ0n) is 14.5. The van der Waals surface area contributed by atoms with Crippen LogP contribution in [0.25, 0.3) is 0 Å². The number of piperidine rings is 1. The predicted octanol–water partition coefficient (Wildman–Crippen LogP) is 2.01. The predicted molar refractivity (Wildman–Crippen MR) is 89.7 cm³/mol. The Morgan fingerprint density at radius 1 is 1.09 bits per heavy atom. The van der Waals surface area contributed by atoms with Crippen LogP contribution in [0.3, 0.4) is 0 Å². The molecule has 23 heavy (non-hydrogen) atoms. The Bertz CT molecular complexity index is 564. The number of rotatable bonds is 2. The van der Waals surface area contributed by atoms with E-state index in [1.807, 2.05) is 38.7 Å². The van der Waals surface area contributed by atoms with Gasteiger partial charge in [-0.15, -0.1) is 0 Å². The number of carbonyl (C=O) groups is 1. The van der Waals surface area contributed by atoms with Crippen molar-refractivity contribution < 1.29 is 14.1 Å². The van der Waals surface area contributed by atoms with Gasteiger partial charge in [-0.25, -0.2) is 0 Å². The molecule has 1 aromatic rings. The highest BCUT2D eigenvalue weighted by atomic mass is 16.7. The first-order valence-electron chi connectivity index (χ1n) is 8.41. The molecule has 0 atom stereocenters. The van der Waals surface area contributed by atoms with Crippen LogP contribution in [0, 0.1) is 0 Å². The van der Waals surface area contributed by atoms with E-state index >= 15 is 0 Å². The van der Waals surface area contributed by atoms with E-state index < -0.39 is 7.12 Å². The largest absolute Gasteiger partial charge is 0.496 e. The Balaban J connectivity index is 1.71. The number of carbonyl (C=O) groups excluding carboxylic acids is 1. The third-order valence-corrected chi connectivity index (χ3v) is 5.17. The second-order valence-electron chi connectivity index (χ2n) is 7.42. The van der Waals surface area contributed by atoms with E-state index in [0.29, 0.717) is 5.69 Å². The van der Waals surface area contributed by atoms with Crippen LogP contribution in [0.4, 0.5) is 0 Å². The lowest BCUT2D eigenvalue weighted by Gasteiger charge is -2.32. The molecule has 6 heteroatoms. The summed E-state index contributed by atoms with van der Waals surface area (Å²) in [5.41, 5.74) is 0.589. The van der Waals surface area contributed by atoms with Crippen molar-refractivity contribution in [3.8, 4) is 0 Å².